The minimum Gasteiger partial charge on any atom is -0.311 e. The Balaban J connectivity index is 0.795. The highest BCUT2D eigenvalue weighted by molar-refractivity contribution is 5.86. The van der Waals surface area contributed by atoms with Crippen LogP contribution in [0.15, 0.2) is 328 Å². The molecule has 426 valence electrons. The summed E-state index contributed by atoms with van der Waals surface area (Å²) >= 11 is 0. The van der Waals surface area contributed by atoms with Crippen LogP contribution in [0, 0.1) is 0 Å². The SMILES string of the molecule is CC(C)(C)c1cc(N(c2ccc(-c3ccc(-c4ccc(N(c5ccc(-c6ccc(-c7ccccc7)cc6)cc5)c5ccc(-c6ccc(-c7ccccc7)cc6)cc5)cc4)cc3)cc2)c2ccc(-c3ccccc3)c(C(C)(C)C)c2)ccc1-c1ccccc1. The highest BCUT2D eigenvalue weighted by atomic mass is 15.1. The largest absolute Gasteiger partial charge is 0.311 e. The fourth-order valence-corrected chi connectivity index (χ4v) is 12.3. The van der Waals surface area contributed by atoms with Gasteiger partial charge in [0.2, 0.25) is 0 Å². The van der Waals surface area contributed by atoms with E-state index in [2.05, 4.69) is 379 Å². The molecule has 0 unspecified atom stereocenters. The van der Waals surface area contributed by atoms with Crippen molar-refractivity contribution in [2.75, 3.05) is 9.80 Å². The summed E-state index contributed by atoms with van der Waals surface area (Å²) in [6, 6.07) is 120. The fourth-order valence-electron chi connectivity index (χ4n) is 12.3. The van der Waals surface area contributed by atoms with E-state index < -0.39 is 0 Å². The number of benzene rings is 13. The summed E-state index contributed by atoms with van der Waals surface area (Å²) in [7, 11) is 0. The van der Waals surface area contributed by atoms with Crippen LogP contribution in [0.1, 0.15) is 52.7 Å². The zero-order valence-corrected chi connectivity index (χ0v) is 51.1. The molecule has 0 spiro atoms. The molecule has 0 saturated carbocycles. The van der Waals surface area contributed by atoms with Gasteiger partial charge in [0, 0.05) is 34.1 Å². The molecule has 0 heterocycles. The van der Waals surface area contributed by atoms with Crippen molar-refractivity contribution in [3.63, 3.8) is 0 Å². The summed E-state index contributed by atoms with van der Waals surface area (Å²) in [5.74, 6) is 0. The highest BCUT2D eigenvalue weighted by Gasteiger charge is 2.26. The minimum absolute atomic E-state index is 0.102. The number of hydrogen-bond donors (Lipinski definition) is 0. The lowest BCUT2D eigenvalue weighted by Gasteiger charge is -2.31. The van der Waals surface area contributed by atoms with Crippen LogP contribution in [0.4, 0.5) is 34.1 Å². The predicted octanol–water partition coefficient (Wildman–Crippen LogP) is 24.6. The molecule has 2 heteroatoms. The van der Waals surface area contributed by atoms with Crippen molar-refractivity contribution >= 4 is 34.1 Å². The lowest BCUT2D eigenvalue weighted by molar-refractivity contribution is 0.592. The van der Waals surface area contributed by atoms with E-state index in [0.29, 0.717) is 0 Å². The monoisotopic (exact) mass is 1130 g/mol. The van der Waals surface area contributed by atoms with Gasteiger partial charge in [0.1, 0.15) is 0 Å². The van der Waals surface area contributed by atoms with E-state index in [1.54, 1.807) is 0 Å². The third-order valence-electron chi connectivity index (χ3n) is 17.0. The van der Waals surface area contributed by atoms with E-state index in [-0.39, 0.29) is 10.8 Å². The first-order chi connectivity index (χ1) is 42.9. The van der Waals surface area contributed by atoms with Gasteiger partial charge in [-0.05, 0) is 184 Å². The van der Waals surface area contributed by atoms with E-state index >= 15 is 0 Å². The van der Waals surface area contributed by atoms with Crippen LogP contribution in [0.2, 0.25) is 0 Å². The summed E-state index contributed by atoms with van der Waals surface area (Å²) in [4.78, 5) is 4.79. The quantitative estimate of drug-likeness (QED) is 0.107. The zero-order chi connectivity index (χ0) is 60.2. The van der Waals surface area contributed by atoms with Crippen molar-refractivity contribution in [2.45, 2.75) is 52.4 Å². The topological polar surface area (TPSA) is 6.48 Å². The Bertz CT molecular complexity index is 4220. The standard InChI is InChI=1S/C86H72N2/c1-85(2,3)83-59-79(55-57-81(83)73-23-15-9-16-24-73)88(80-56-58-82(74-25-17-10-18-26-74)84(60-80)86(4,5)6)78-53-45-72(46-54-78)68-37-35-67(36-38-68)71-43-51-77(52-44-71)87(75-47-39-69(40-48-75)65-31-27-63(28-32-65)61-19-11-7-12-20-61)76-49-41-70(42-50-76)66-33-29-64(30-34-66)62-21-13-8-14-22-62/h7-60H,1-6H3. The maximum absolute atomic E-state index is 2.44. The smallest absolute Gasteiger partial charge is 0.0464 e. The van der Waals surface area contributed by atoms with Crippen LogP contribution < -0.4 is 9.80 Å². The number of anilines is 6. The van der Waals surface area contributed by atoms with Crippen molar-refractivity contribution in [1.29, 1.82) is 0 Å². The van der Waals surface area contributed by atoms with E-state index in [0.717, 1.165) is 50.8 Å². The number of rotatable bonds is 14. The number of nitrogens with zero attached hydrogens (tertiary/aromatic N) is 2. The van der Waals surface area contributed by atoms with Gasteiger partial charge in [0.25, 0.3) is 0 Å². The Morgan fingerprint density at radius 3 is 0.557 bits per heavy atom. The summed E-state index contributed by atoms with van der Waals surface area (Å²) < 4.78 is 0. The Morgan fingerprint density at radius 2 is 0.341 bits per heavy atom. The van der Waals surface area contributed by atoms with Gasteiger partial charge in [-0.15, -0.1) is 0 Å². The van der Waals surface area contributed by atoms with Gasteiger partial charge in [-0.2, -0.15) is 0 Å². The molecule has 2 nitrogen and oxygen atoms in total. The van der Waals surface area contributed by atoms with Gasteiger partial charge in [-0.25, -0.2) is 0 Å². The maximum atomic E-state index is 2.44. The Hall–Kier alpha value is -10.5. The lowest BCUT2D eigenvalue weighted by atomic mass is 9.81. The predicted molar refractivity (Wildman–Crippen MR) is 377 cm³/mol. The first kappa shape index (κ1) is 56.6. The Labute approximate surface area is 521 Å². The molecule has 0 radical (unpaired) electrons. The molecule has 0 aliphatic carbocycles. The number of hydrogen-bond acceptors (Lipinski definition) is 2. The molecular weight excluding hydrogens is 1060 g/mol. The first-order valence-corrected chi connectivity index (χ1v) is 30.7. The summed E-state index contributed by atoms with van der Waals surface area (Å²) in [5, 5.41) is 0. The van der Waals surface area contributed by atoms with Gasteiger partial charge in [-0.1, -0.05) is 296 Å². The average Bonchev–Trinajstić information content (AvgIpc) is 3.19. The molecule has 0 aliphatic rings. The second-order valence-corrected chi connectivity index (χ2v) is 25.0. The van der Waals surface area contributed by atoms with Crippen molar-refractivity contribution in [3.8, 4) is 89.0 Å². The van der Waals surface area contributed by atoms with Crippen LogP contribution in [0.5, 0.6) is 0 Å². The molecule has 88 heavy (non-hydrogen) atoms. The average molecular weight is 1130 g/mol. The molecule has 0 amide bonds. The summed E-state index contributed by atoms with van der Waals surface area (Å²) in [6.45, 7) is 13.9. The Kier molecular flexibility index (Phi) is 15.7. The van der Waals surface area contributed by atoms with Crippen LogP contribution in [0.3, 0.4) is 0 Å². The van der Waals surface area contributed by atoms with Crippen LogP contribution in [0.25, 0.3) is 89.0 Å². The molecule has 13 rings (SSSR count). The van der Waals surface area contributed by atoms with Crippen molar-refractivity contribution < 1.29 is 0 Å². The molecule has 0 N–H and O–H groups in total. The van der Waals surface area contributed by atoms with Crippen molar-refractivity contribution in [2.24, 2.45) is 0 Å². The molecule has 0 bridgehead atoms. The van der Waals surface area contributed by atoms with Crippen LogP contribution in [-0.4, -0.2) is 0 Å². The first-order valence-electron chi connectivity index (χ1n) is 30.7. The second kappa shape index (κ2) is 24.4. The minimum atomic E-state index is -0.102. The van der Waals surface area contributed by atoms with Crippen molar-refractivity contribution in [1.82, 2.24) is 0 Å². The van der Waals surface area contributed by atoms with Gasteiger partial charge < -0.3 is 9.80 Å². The van der Waals surface area contributed by atoms with Gasteiger partial charge in [0.15, 0.2) is 0 Å². The summed E-state index contributed by atoms with van der Waals surface area (Å²) in [6.07, 6.45) is 0. The third kappa shape index (κ3) is 12.2. The summed E-state index contributed by atoms with van der Waals surface area (Å²) in [5.41, 5.74) is 28.2. The highest BCUT2D eigenvalue weighted by Crippen LogP contribution is 2.45. The maximum Gasteiger partial charge on any atom is 0.0464 e. The van der Waals surface area contributed by atoms with E-state index in [1.807, 2.05) is 0 Å². The van der Waals surface area contributed by atoms with Gasteiger partial charge >= 0.3 is 0 Å². The van der Waals surface area contributed by atoms with E-state index in [1.165, 1.54) is 83.5 Å². The van der Waals surface area contributed by atoms with Crippen molar-refractivity contribution in [3.05, 3.63) is 339 Å². The second-order valence-electron chi connectivity index (χ2n) is 25.0. The molecule has 13 aromatic rings. The Morgan fingerprint density at radius 1 is 0.170 bits per heavy atom. The third-order valence-corrected chi connectivity index (χ3v) is 17.0. The molecule has 13 aromatic carbocycles. The van der Waals surface area contributed by atoms with E-state index in [4.69, 9.17) is 0 Å². The normalized spacial score (nSPS) is 11.5. The molecule has 0 aliphatic heterocycles. The van der Waals surface area contributed by atoms with E-state index in [9.17, 15) is 0 Å². The van der Waals surface area contributed by atoms with Gasteiger partial charge in [0.05, 0.1) is 0 Å². The molecule has 0 fully saturated rings. The molecule has 0 aromatic heterocycles. The zero-order valence-electron chi connectivity index (χ0n) is 51.1. The van der Waals surface area contributed by atoms with Gasteiger partial charge in [-0.3, -0.25) is 0 Å². The molecule has 0 saturated heterocycles. The fraction of sp³-hybridized carbons (Fsp3) is 0.0930. The lowest BCUT2D eigenvalue weighted by Crippen LogP contribution is -2.17. The van der Waals surface area contributed by atoms with Crippen LogP contribution in [-0.2, 0) is 10.8 Å². The van der Waals surface area contributed by atoms with Crippen LogP contribution >= 0.6 is 0 Å². The molecule has 0 atom stereocenters. The molecular formula is C86H72N2.